The Bertz CT molecular complexity index is 453. The van der Waals surface area contributed by atoms with E-state index in [1.165, 1.54) is 0 Å². The van der Waals surface area contributed by atoms with E-state index < -0.39 is 0 Å². The molecule has 1 aromatic rings. The molecule has 1 aliphatic rings. The fraction of sp³-hybridized carbons (Fsp3) is 0.714. The maximum atomic E-state index is 12.4. The Morgan fingerprint density at radius 3 is 2.95 bits per heavy atom. The second-order valence-corrected chi connectivity index (χ2v) is 6.02. The number of aryl methyl sites for hydroxylation is 1. The number of nitrogens with one attached hydrogen (secondary N) is 2. The number of hydrogen-bond donors (Lipinski definition) is 2. The van der Waals surface area contributed by atoms with Crippen molar-refractivity contribution < 1.29 is 9.21 Å². The van der Waals surface area contributed by atoms with Crippen molar-refractivity contribution in [3.05, 3.63) is 17.8 Å². The molecule has 2 atom stereocenters. The van der Waals surface area contributed by atoms with Crippen LogP contribution in [0.15, 0.2) is 10.6 Å². The number of aromatic nitrogens is 1. The van der Waals surface area contributed by atoms with E-state index in [2.05, 4.69) is 29.5 Å². The molecule has 2 N–H and O–H groups in total. The van der Waals surface area contributed by atoms with Gasteiger partial charge in [0.15, 0.2) is 0 Å². The summed E-state index contributed by atoms with van der Waals surface area (Å²) in [6, 6.07) is -0.361. The van der Waals surface area contributed by atoms with Gasteiger partial charge in [0.25, 0.3) is 0 Å². The van der Waals surface area contributed by atoms with Crippen molar-refractivity contribution >= 4 is 5.91 Å². The summed E-state index contributed by atoms with van der Waals surface area (Å²) >= 11 is 0. The van der Waals surface area contributed by atoms with E-state index in [0.717, 1.165) is 25.1 Å². The first kappa shape index (κ1) is 14.1. The monoisotopic (exact) mass is 265 g/mol. The van der Waals surface area contributed by atoms with E-state index in [-0.39, 0.29) is 23.4 Å². The first-order valence-corrected chi connectivity index (χ1v) is 6.86. The van der Waals surface area contributed by atoms with Gasteiger partial charge in [0.05, 0.1) is 12.2 Å². The van der Waals surface area contributed by atoms with E-state index in [1.807, 2.05) is 13.8 Å². The quantitative estimate of drug-likeness (QED) is 0.876. The molecule has 1 fully saturated rings. The van der Waals surface area contributed by atoms with Gasteiger partial charge < -0.3 is 15.1 Å². The number of amides is 1. The minimum Gasteiger partial charge on any atom is -0.444 e. The van der Waals surface area contributed by atoms with Gasteiger partial charge in [0.1, 0.15) is 11.8 Å². The minimum atomic E-state index is -0.208. The average Bonchev–Trinajstić information content (AvgIpc) is 2.75. The molecule has 1 aromatic heterocycles. The van der Waals surface area contributed by atoms with Crippen molar-refractivity contribution in [2.75, 3.05) is 6.54 Å². The van der Waals surface area contributed by atoms with Gasteiger partial charge in [-0.15, -0.1) is 0 Å². The first-order chi connectivity index (χ1) is 8.90. The Morgan fingerprint density at radius 2 is 2.37 bits per heavy atom. The third-order valence-corrected chi connectivity index (χ3v) is 3.76. The number of hydrogen-bond acceptors (Lipinski definition) is 4. The zero-order valence-electron chi connectivity index (χ0n) is 12.1. The maximum Gasteiger partial charge on any atom is 0.238 e. The molecule has 5 nitrogen and oxygen atoms in total. The number of carbonyl (C=O) groups is 1. The largest absolute Gasteiger partial charge is 0.444 e. The lowest BCUT2D eigenvalue weighted by molar-refractivity contribution is -0.127. The van der Waals surface area contributed by atoms with Crippen LogP contribution in [-0.4, -0.2) is 23.5 Å². The smallest absolute Gasteiger partial charge is 0.238 e. The number of piperidine rings is 1. The molecule has 2 unspecified atom stereocenters. The lowest BCUT2D eigenvalue weighted by Crippen LogP contribution is -2.55. The summed E-state index contributed by atoms with van der Waals surface area (Å²) in [6.07, 6.45) is 3.84. The van der Waals surface area contributed by atoms with Crippen LogP contribution in [0.4, 0.5) is 0 Å². The van der Waals surface area contributed by atoms with Gasteiger partial charge in [-0.3, -0.25) is 4.79 Å². The lowest BCUT2D eigenvalue weighted by atomic mass is 9.77. The molecule has 0 radical (unpaired) electrons. The van der Waals surface area contributed by atoms with Crippen LogP contribution in [0, 0.1) is 12.3 Å². The molecule has 19 heavy (non-hydrogen) atoms. The molecule has 1 saturated heterocycles. The number of rotatable bonds is 3. The Labute approximate surface area is 114 Å². The summed E-state index contributed by atoms with van der Waals surface area (Å²) in [5, 5.41) is 6.29. The highest BCUT2D eigenvalue weighted by atomic mass is 16.4. The van der Waals surface area contributed by atoms with Gasteiger partial charge in [-0.1, -0.05) is 13.8 Å². The SMILES string of the molecule is Cc1cnc(C(C)NC(=O)C2NCCCC2(C)C)o1. The minimum absolute atomic E-state index is 0.0193. The molecule has 0 bridgehead atoms. The van der Waals surface area contributed by atoms with Crippen LogP contribution >= 0.6 is 0 Å². The highest BCUT2D eigenvalue weighted by molar-refractivity contribution is 5.83. The van der Waals surface area contributed by atoms with E-state index in [9.17, 15) is 4.79 Å². The summed E-state index contributed by atoms with van der Waals surface area (Å²) in [6.45, 7) is 8.89. The fourth-order valence-corrected chi connectivity index (χ4v) is 2.59. The molecule has 0 saturated carbocycles. The van der Waals surface area contributed by atoms with Crippen molar-refractivity contribution in [2.24, 2.45) is 5.41 Å². The van der Waals surface area contributed by atoms with Crippen molar-refractivity contribution in [2.45, 2.75) is 52.6 Å². The molecule has 1 amide bonds. The average molecular weight is 265 g/mol. The van der Waals surface area contributed by atoms with Crippen molar-refractivity contribution in [3.63, 3.8) is 0 Å². The molecule has 0 aromatic carbocycles. The number of nitrogens with zero attached hydrogens (tertiary/aromatic N) is 1. The highest BCUT2D eigenvalue weighted by Gasteiger charge is 2.37. The van der Waals surface area contributed by atoms with E-state index in [1.54, 1.807) is 6.20 Å². The summed E-state index contributed by atoms with van der Waals surface area (Å²) in [5.74, 6) is 1.33. The molecular weight excluding hydrogens is 242 g/mol. The van der Waals surface area contributed by atoms with Gasteiger partial charge in [-0.25, -0.2) is 4.98 Å². The molecule has 2 rings (SSSR count). The Kier molecular flexibility index (Phi) is 3.94. The molecule has 2 heterocycles. The van der Waals surface area contributed by atoms with Crippen LogP contribution in [0.3, 0.4) is 0 Å². The van der Waals surface area contributed by atoms with E-state index >= 15 is 0 Å². The van der Waals surface area contributed by atoms with E-state index in [4.69, 9.17) is 4.42 Å². The first-order valence-electron chi connectivity index (χ1n) is 6.86. The summed E-state index contributed by atoms with van der Waals surface area (Å²) in [4.78, 5) is 16.5. The van der Waals surface area contributed by atoms with Crippen LogP contribution in [0.5, 0.6) is 0 Å². The predicted octanol–water partition coefficient (Wildman–Crippen LogP) is 1.94. The Balaban J connectivity index is 2.00. The van der Waals surface area contributed by atoms with Gasteiger partial charge >= 0.3 is 0 Å². The fourth-order valence-electron chi connectivity index (χ4n) is 2.59. The van der Waals surface area contributed by atoms with Gasteiger partial charge in [0.2, 0.25) is 11.8 Å². The van der Waals surface area contributed by atoms with Crippen LogP contribution in [0.2, 0.25) is 0 Å². The van der Waals surface area contributed by atoms with Crippen molar-refractivity contribution in [1.29, 1.82) is 0 Å². The summed E-state index contributed by atoms with van der Waals surface area (Å²) < 4.78 is 5.44. The predicted molar refractivity (Wildman–Crippen MR) is 72.6 cm³/mol. The van der Waals surface area contributed by atoms with Crippen LogP contribution < -0.4 is 10.6 Å². The zero-order valence-corrected chi connectivity index (χ0v) is 12.1. The van der Waals surface area contributed by atoms with Crippen LogP contribution in [-0.2, 0) is 4.79 Å². The topological polar surface area (TPSA) is 67.2 Å². The van der Waals surface area contributed by atoms with Crippen molar-refractivity contribution in [3.8, 4) is 0 Å². The van der Waals surface area contributed by atoms with Gasteiger partial charge in [-0.05, 0) is 38.6 Å². The second-order valence-electron chi connectivity index (χ2n) is 6.02. The standard InChI is InChI=1S/C14H23N3O2/c1-9-8-16-13(19-9)10(2)17-12(18)11-14(3,4)6-5-7-15-11/h8,10-11,15H,5-7H2,1-4H3,(H,17,18). The molecule has 0 aliphatic carbocycles. The number of oxazole rings is 1. The molecular formula is C14H23N3O2. The number of carbonyl (C=O) groups excluding carboxylic acids is 1. The zero-order chi connectivity index (χ0) is 14.0. The molecule has 106 valence electrons. The lowest BCUT2D eigenvalue weighted by Gasteiger charge is -2.38. The maximum absolute atomic E-state index is 12.4. The summed E-state index contributed by atoms with van der Waals surface area (Å²) in [7, 11) is 0. The van der Waals surface area contributed by atoms with E-state index in [0.29, 0.717) is 5.89 Å². The molecule has 1 aliphatic heterocycles. The highest BCUT2D eigenvalue weighted by Crippen LogP contribution is 2.30. The van der Waals surface area contributed by atoms with Crippen LogP contribution in [0.25, 0.3) is 0 Å². The normalized spacial score (nSPS) is 23.9. The third-order valence-electron chi connectivity index (χ3n) is 3.76. The van der Waals surface area contributed by atoms with Gasteiger partial charge in [0, 0.05) is 0 Å². The summed E-state index contributed by atoms with van der Waals surface area (Å²) in [5.41, 5.74) is -0.0193. The third kappa shape index (κ3) is 3.15. The molecule has 0 spiro atoms. The molecule has 5 heteroatoms. The van der Waals surface area contributed by atoms with Gasteiger partial charge in [-0.2, -0.15) is 0 Å². The Hall–Kier alpha value is -1.36. The van der Waals surface area contributed by atoms with Crippen molar-refractivity contribution in [1.82, 2.24) is 15.6 Å². The second kappa shape index (κ2) is 5.33. The van der Waals surface area contributed by atoms with Crippen LogP contribution in [0.1, 0.15) is 51.3 Å². The Morgan fingerprint density at radius 1 is 1.63 bits per heavy atom.